The number of hydrogen-bond donors (Lipinski definition) is 1. The first-order chi connectivity index (χ1) is 6.69. The van der Waals surface area contributed by atoms with E-state index in [0.29, 0.717) is 15.7 Å². The van der Waals surface area contributed by atoms with E-state index in [-0.39, 0.29) is 6.04 Å². The lowest BCUT2D eigenvalue weighted by Gasteiger charge is -2.14. The summed E-state index contributed by atoms with van der Waals surface area (Å²) in [4.78, 5) is 0. The number of rotatable bonds is 3. The summed E-state index contributed by atoms with van der Waals surface area (Å²) in [6, 6.07) is 5.32. The van der Waals surface area contributed by atoms with Crippen molar-refractivity contribution < 1.29 is 0 Å². The van der Waals surface area contributed by atoms with Gasteiger partial charge < -0.3 is 5.32 Å². The Labute approximate surface area is 94.4 Å². The zero-order chi connectivity index (χ0) is 10.6. The van der Waals surface area contributed by atoms with Crippen LogP contribution in [0.3, 0.4) is 0 Å². The lowest BCUT2D eigenvalue weighted by Crippen LogP contribution is -2.16. The Morgan fingerprint density at radius 1 is 1.43 bits per heavy atom. The van der Waals surface area contributed by atoms with Gasteiger partial charge in [0.2, 0.25) is 0 Å². The highest BCUT2D eigenvalue weighted by atomic mass is 35.5. The molecule has 0 heterocycles. The second-order valence-corrected chi connectivity index (χ2v) is 3.68. The molecule has 1 rings (SSSR count). The third kappa shape index (κ3) is 2.57. The minimum absolute atomic E-state index is 0.0348. The van der Waals surface area contributed by atoms with Crippen LogP contribution < -0.4 is 5.32 Å². The predicted octanol–water partition coefficient (Wildman–Crippen LogP) is 3.82. The molecule has 0 saturated heterocycles. The number of para-hydroxylation sites is 1. The van der Waals surface area contributed by atoms with E-state index in [2.05, 4.69) is 11.2 Å². The Bertz CT molecular complexity index is 335. The third-order valence-corrected chi connectivity index (χ3v) is 2.52. The normalized spacial score (nSPS) is 11.9. The number of nitrogens with one attached hydrogen (secondary N) is 1. The highest BCUT2D eigenvalue weighted by Gasteiger charge is 2.08. The van der Waals surface area contributed by atoms with Gasteiger partial charge in [-0.2, -0.15) is 0 Å². The van der Waals surface area contributed by atoms with Crippen molar-refractivity contribution in [2.24, 2.45) is 0 Å². The number of benzene rings is 1. The summed E-state index contributed by atoms with van der Waals surface area (Å²) in [5.74, 6) is 2.63. The number of halogens is 2. The maximum atomic E-state index is 5.97. The number of anilines is 1. The summed E-state index contributed by atoms with van der Waals surface area (Å²) in [5, 5.41) is 4.29. The molecule has 0 fully saturated rings. The molecule has 0 radical (unpaired) electrons. The zero-order valence-corrected chi connectivity index (χ0v) is 9.36. The highest BCUT2D eigenvalue weighted by molar-refractivity contribution is 6.39. The first-order valence-corrected chi connectivity index (χ1v) is 5.11. The molecule has 1 N–H and O–H groups in total. The van der Waals surface area contributed by atoms with Crippen LogP contribution in [-0.2, 0) is 0 Å². The van der Waals surface area contributed by atoms with E-state index in [9.17, 15) is 0 Å². The van der Waals surface area contributed by atoms with Crippen LogP contribution in [0.2, 0.25) is 10.0 Å². The van der Waals surface area contributed by atoms with Crippen molar-refractivity contribution in [3.05, 3.63) is 28.2 Å². The van der Waals surface area contributed by atoms with Gasteiger partial charge in [0.25, 0.3) is 0 Å². The molecule has 0 aliphatic carbocycles. The molecule has 1 aromatic rings. The molecule has 14 heavy (non-hydrogen) atoms. The molecule has 74 valence electrons. The van der Waals surface area contributed by atoms with E-state index in [4.69, 9.17) is 29.6 Å². The number of terminal acetylenes is 1. The highest BCUT2D eigenvalue weighted by Crippen LogP contribution is 2.30. The second kappa shape index (κ2) is 5.14. The van der Waals surface area contributed by atoms with Gasteiger partial charge in [-0.3, -0.25) is 0 Å². The van der Waals surface area contributed by atoms with Gasteiger partial charge in [-0.1, -0.05) is 42.1 Å². The van der Waals surface area contributed by atoms with Gasteiger partial charge in [0, 0.05) is 0 Å². The average molecular weight is 228 g/mol. The molecule has 0 aliphatic rings. The van der Waals surface area contributed by atoms with Gasteiger partial charge >= 0.3 is 0 Å². The molecule has 0 spiro atoms. The van der Waals surface area contributed by atoms with Crippen LogP contribution in [0.1, 0.15) is 13.3 Å². The molecular formula is C11H11Cl2N. The van der Waals surface area contributed by atoms with Crippen molar-refractivity contribution in [3.63, 3.8) is 0 Å². The summed E-state index contributed by atoms with van der Waals surface area (Å²) >= 11 is 11.9. The Kier molecular flexibility index (Phi) is 4.13. The standard InChI is InChI=1S/C11H11Cl2N/c1-3-8(4-2)14-11-9(12)6-5-7-10(11)13/h1,5-8,14H,4H2,2H3. The van der Waals surface area contributed by atoms with Crippen molar-refractivity contribution in [2.75, 3.05) is 5.32 Å². The molecule has 0 aromatic heterocycles. The SMILES string of the molecule is C#CC(CC)Nc1c(Cl)cccc1Cl. The van der Waals surface area contributed by atoms with E-state index in [1.165, 1.54) is 0 Å². The van der Waals surface area contributed by atoms with E-state index < -0.39 is 0 Å². The molecule has 0 aliphatic heterocycles. The monoisotopic (exact) mass is 227 g/mol. The molecule has 1 nitrogen and oxygen atoms in total. The van der Waals surface area contributed by atoms with Crippen molar-refractivity contribution in [1.29, 1.82) is 0 Å². The molecule has 1 atom stereocenters. The van der Waals surface area contributed by atoms with Crippen LogP contribution in [0.4, 0.5) is 5.69 Å². The topological polar surface area (TPSA) is 12.0 Å². The summed E-state index contributed by atoms with van der Waals surface area (Å²) in [6.45, 7) is 2.00. The van der Waals surface area contributed by atoms with Crippen LogP contribution in [0.25, 0.3) is 0 Å². The summed E-state index contributed by atoms with van der Waals surface area (Å²) in [5.41, 5.74) is 0.709. The predicted molar refractivity (Wildman–Crippen MR) is 63.0 cm³/mol. The van der Waals surface area contributed by atoms with E-state index in [1.54, 1.807) is 18.2 Å². The van der Waals surface area contributed by atoms with Gasteiger partial charge in [-0.15, -0.1) is 6.42 Å². The van der Waals surface area contributed by atoms with Gasteiger partial charge in [0.05, 0.1) is 21.8 Å². The van der Waals surface area contributed by atoms with Crippen LogP contribution in [0, 0.1) is 12.3 Å². The summed E-state index contributed by atoms with van der Waals surface area (Å²) < 4.78 is 0. The first kappa shape index (κ1) is 11.2. The summed E-state index contributed by atoms with van der Waals surface area (Å²) in [6.07, 6.45) is 6.16. The molecule has 0 saturated carbocycles. The Morgan fingerprint density at radius 2 is 2.00 bits per heavy atom. The molecular weight excluding hydrogens is 217 g/mol. The molecule has 0 bridgehead atoms. The lowest BCUT2D eigenvalue weighted by molar-refractivity contribution is 0.858. The fourth-order valence-electron chi connectivity index (χ4n) is 1.07. The van der Waals surface area contributed by atoms with Gasteiger partial charge in [0.1, 0.15) is 0 Å². The average Bonchev–Trinajstić information content (AvgIpc) is 2.18. The Hall–Kier alpha value is -0.840. The molecule has 3 heteroatoms. The van der Waals surface area contributed by atoms with E-state index >= 15 is 0 Å². The largest absolute Gasteiger partial charge is 0.369 e. The van der Waals surface area contributed by atoms with Crippen LogP contribution >= 0.6 is 23.2 Å². The fraction of sp³-hybridized carbons (Fsp3) is 0.273. The fourth-order valence-corrected chi connectivity index (χ4v) is 1.58. The number of hydrogen-bond acceptors (Lipinski definition) is 1. The van der Waals surface area contributed by atoms with Gasteiger partial charge in [-0.05, 0) is 18.6 Å². The molecule has 0 amide bonds. The first-order valence-electron chi connectivity index (χ1n) is 4.35. The van der Waals surface area contributed by atoms with Crippen LogP contribution in [0.5, 0.6) is 0 Å². The van der Waals surface area contributed by atoms with Gasteiger partial charge in [0.15, 0.2) is 0 Å². The maximum absolute atomic E-state index is 5.97. The summed E-state index contributed by atoms with van der Waals surface area (Å²) in [7, 11) is 0. The third-order valence-electron chi connectivity index (χ3n) is 1.89. The van der Waals surface area contributed by atoms with Crippen molar-refractivity contribution in [2.45, 2.75) is 19.4 Å². The zero-order valence-electron chi connectivity index (χ0n) is 7.85. The molecule has 1 aromatic carbocycles. The Morgan fingerprint density at radius 3 is 2.43 bits per heavy atom. The maximum Gasteiger partial charge on any atom is 0.0872 e. The smallest absolute Gasteiger partial charge is 0.0872 e. The Balaban J connectivity index is 2.91. The molecule has 1 unspecified atom stereocenters. The lowest BCUT2D eigenvalue weighted by atomic mass is 10.2. The quantitative estimate of drug-likeness (QED) is 0.775. The second-order valence-electron chi connectivity index (χ2n) is 2.87. The van der Waals surface area contributed by atoms with E-state index in [0.717, 1.165) is 6.42 Å². The van der Waals surface area contributed by atoms with Crippen molar-refractivity contribution in [3.8, 4) is 12.3 Å². The van der Waals surface area contributed by atoms with Crippen LogP contribution in [0.15, 0.2) is 18.2 Å². The van der Waals surface area contributed by atoms with Gasteiger partial charge in [-0.25, -0.2) is 0 Å². The van der Waals surface area contributed by atoms with E-state index in [1.807, 2.05) is 6.92 Å². The minimum Gasteiger partial charge on any atom is -0.369 e. The van der Waals surface area contributed by atoms with Crippen molar-refractivity contribution in [1.82, 2.24) is 0 Å². The van der Waals surface area contributed by atoms with Crippen LogP contribution in [-0.4, -0.2) is 6.04 Å². The van der Waals surface area contributed by atoms with Crippen molar-refractivity contribution >= 4 is 28.9 Å². The minimum atomic E-state index is -0.0348.